The molecule has 0 spiro atoms. The Morgan fingerprint density at radius 3 is 1.88 bits per heavy atom. The number of nitrogen functional groups attached to an aromatic ring is 1. The van der Waals surface area contributed by atoms with Gasteiger partial charge in [-0.25, -0.2) is 8.42 Å². The summed E-state index contributed by atoms with van der Waals surface area (Å²) in [6.07, 6.45) is 1.15. The summed E-state index contributed by atoms with van der Waals surface area (Å²) >= 11 is 0. The van der Waals surface area contributed by atoms with Crippen LogP contribution in [0.25, 0.3) is 32.7 Å². The topological polar surface area (TPSA) is 72.2 Å². The summed E-state index contributed by atoms with van der Waals surface area (Å²) in [5.41, 5.74) is 9.13. The molecule has 0 unspecified atom stereocenters. The minimum absolute atomic E-state index is 0.522. The summed E-state index contributed by atoms with van der Waals surface area (Å²) in [7, 11) is -3.43. The zero-order valence-electron chi connectivity index (χ0n) is 14.2. The van der Waals surface area contributed by atoms with Crippen LogP contribution in [0.3, 0.4) is 0 Å². The van der Waals surface area contributed by atoms with Crippen molar-refractivity contribution in [2.24, 2.45) is 0 Å². The molecule has 0 amide bonds. The zero-order chi connectivity index (χ0) is 18.3. The summed E-state index contributed by atoms with van der Waals surface area (Å²) in [5, 5.41) is 4.01. The van der Waals surface area contributed by atoms with Gasteiger partial charge in [-0.15, -0.1) is 0 Å². The van der Waals surface area contributed by atoms with Crippen molar-refractivity contribution in [2.45, 2.75) is 0 Å². The van der Waals surface area contributed by atoms with Gasteiger partial charge in [0.1, 0.15) is 0 Å². The van der Waals surface area contributed by atoms with E-state index in [-0.39, 0.29) is 0 Å². The maximum Gasteiger partial charge on any atom is 0.229 e. The Morgan fingerprint density at radius 2 is 1.27 bits per heavy atom. The van der Waals surface area contributed by atoms with Crippen LogP contribution >= 0.6 is 0 Å². The maximum atomic E-state index is 11.9. The Balaban J connectivity index is 2.17. The molecule has 0 atom stereocenters. The first-order valence-electron chi connectivity index (χ1n) is 8.21. The van der Waals surface area contributed by atoms with E-state index in [0.29, 0.717) is 11.4 Å². The van der Waals surface area contributed by atoms with Crippen LogP contribution in [0.2, 0.25) is 0 Å². The van der Waals surface area contributed by atoms with E-state index in [1.54, 1.807) is 6.07 Å². The molecule has 0 heterocycles. The lowest BCUT2D eigenvalue weighted by Crippen LogP contribution is -2.11. The van der Waals surface area contributed by atoms with E-state index >= 15 is 0 Å². The van der Waals surface area contributed by atoms with Crippen LogP contribution in [-0.2, 0) is 10.0 Å². The molecule has 3 N–H and O–H groups in total. The molecule has 0 radical (unpaired) electrons. The summed E-state index contributed by atoms with van der Waals surface area (Å²) in [4.78, 5) is 0. The van der Waals surface area contributed by atoms with Crippen molar-refractivity contribution in [1.29, 1.82) is 0 Å². The van der Waals surface area contributed by atoms with Crippen molar-refractivity contribution < 1.29 is 8.42 Å². The first-order valence-corrected chi connectivity index (χ1v) is 10.1. The number of rotatable bonds is 3. The number of nitrogens with two attached hydrogens (primary N) is 1. The molecule has 0 saturated heterocycles. The monoisotopic (exact) mass is 362 g/mol. The van der Waals surface area contributed by atoms with Crippen molar-refractivity contribution in [3.05, 3.63) is 72.8 Å². The van der Waals surface area contributed by atoms with Crippen molar-refractivity contribution in [2.75, 3.05) is 16.7 Å². The number of nitrogens with one attached hydrogen (secondary N) is 1. The third-order valence-electron chi connectivity index (χ3n) is 4.44. The highest BCUT2D eigenvalue weighted by Crippen LogP contribution is 2.42. The van der Waals surface area contributed by atoms with Gasteiger partial charge in [0.05, 0.1) is 11.9 Å². The Labute approximate surface area is 152 Å². The molecule has 5 heteroatoms. The standard InChI is InChI=1S/C21H18N2O2S/c1-26(24,25)23-19-13-11-15-7-3-5-9-17(15)21(19)20-16-8-4-2-6-14(16)10-12-18(20)22/h2-13,23H,22H2,1H3. The number of fused-ring (bicyclic) bond motifs is 2. The third kappa shape index (κ3) is 2.86. The van der Waals surface area contributed by atoms with Gasteiger partial charge >= 0.3 is 0 Å². The second-order valence-electron chi connectivity index (χ2n) is 6.33. The van der Waals surface area contributed by atoms with Crippen LogP contribution in [0, 0.1) is 0 Å². The molecule has 130 valence electrons. The van der Waals surface area contributed by atoms with Gasteiger partial charge in [0.15, 0.2) is 0 Å². The lowest BCUT2D eigenvalue weighted by Gasteiger charge is -2.18. The van der Waals surface area contributed by atoms with Crippen LogP contribution < -0.4 is 10.5 Å². The molecule has 0 bridgehead atoms. The number of benzene rings is 4. The average molecular weight is 362 g/mol. The predicted octanol–water partition coefficient (Wildman–Crippen LogP) is 4.61. The van der Waals surface area contributed by atoms with E-state index in [1.165, 1.54) is 0 Å². The fourth-order valence-electron chi connectivity index (χ4n) is 3.39. The number of hydrogen-bond acceptors (Lipinski definition) is 3. The van der Waals surface area contributed by atoms with Gasteiger partial charge < -0.3 is 5.73 Å². The van der Waals surface area contributed by atoms with Crippen molar-refractivity contribution in [1.82, 2.24) is 0 Å². The smallest absolute Gasteiger partial charge is 0.229 e. The zero-order valence-corrected chi connectivity index (χ0v) is 15.0. The minimum Gasteiger partial charge on any atom is -0.398 e. The second-order valence-corrected chi connectivity index (χ2v) is 8.08. The SMILES string of the molecule is CS(=O)(=O)Nc1ccc2ccccc2c1-c1c(N)ccc2ccccc12. The largest absolute Gasteiger partial charge is 0.398 e. The summed E-state index contributed by atoms with van der Waals surface area (Å²) < 4.78 is 26.5. The fraction of sp³-hybridized carbons (Fsp3) is 0.0476. The lowest BCUT2D eigenvalue weighted by molar-refractivity contribution is 0.607. The summed E-state index contributed by atoms with van der Waals surface area (Å²) in [6.45, 7) is 0. The normalized spacial score (nSPS) is 11.7. The molecule has 0 aromatic heterocycles. The molecule has 4 aromatic rings. The van der Waals surface area contributed by atoms with E-state index in [0.717, 1.165) is 38.9 Å². The molecule has 0 saturated carbocycles. The van der Waals surface area contributed by atoms with Gasteiger partial charge in [-0.1, -0.05) is 60.7 Å². The van der Waals surface area contributed by atoms with Crippen LogP contribution in [0.1, 0.15) is 0 Å². The molecule has 0 aliphatic rings. The van der Waals surface area contributed by atoms with Crippen molar-refractivity contribution in [3.63, 3.8) is 0 Å². The van der Waals surface area contributed by atoms with Crippen LogP contribution in [0.5, 0.6) is 0 Å². The lowest BCUT2D eigenvalue weighted by atomic mass is 9.91. The van der Waals surface area contributed by atoms with Gasteiger partial charge in [-0.3, -0.25) is 4.72 Å². The number of anilines is 2. The van der Waals surface area contributed by atoms with Gasteiger partial charge in [0.2, 0.25) is 10.0 Å². The highest BCUT2D eigenvalue weighted by atomic mass is 32.2. The van der Waals surface area contributed by atoms with E-state index in [1.807, 2.05) is 66.7 Å². The first-order chi connectivity index (χ1) is 12.4. The second kappa shape index (κ2) is 6.04. The highest BCUT2D eigenvalue weighted by Gasteiger charge is 2.17. The van der Waals surface area contributed by atoms with E-state index in [4.69, 9.17) is 5.73 Å². The van der Waals surface area contributed by atoms with Crippen LogP contribution in [0.15, 0.2) is 72.8 Å². The molecule has 26 heavy (non-hydrogen) atoms. The van der Waals surface area contributed by atoms with Crippen LogP contribution in [0.4, 0.5) is 11.4 Å². The molecule has 0 aliphatic carbocycles. The summed E-state index contributed by atoms with van der Waals surface area (Å²) in [5.74, 6) is 0. The predicted molar refractivity (Wildman–Crippen MR) is 110 cm³/mol. The molecule has 4 nitrogen and oxygen atoms in total. The quantitative estimate of drug-likeness (QED) is 0.523. The number of sulfonamides is 1. The fourth-order valence-corrected chi connectivity index (χ4v) is 3.96. The van der Waals surface area contributed by atoms with Crippen molar-refractivity contribution in [3.8, 4) is 11.1 Å². The Kier molecular flexibility index (Phi) is 3.81. The van der Waals surface area contributed by atoms with E-state index in [2.05, 4.69) is 4.72 Å². The Morgan fingerprint density at radius 1 is 0.731 bits per heavy atom. The van der Waals surface area contributed by atoms with Gasteiger partial charge in [0.25, 0.3) is 0 Å². The third-order valence-corrected chi connectivity index (χ3v) is 5.03. The molecular formula is C21H18N2O2S. The average Bonchev–Trinajstić information content (AvgIpc) is 2.61. The molecule has 4 rings (SSSR count). The highest BCUT2D eigenvalue weighted by molar-refractivity contribution is 7.92. The van der Waals surface area contributed by atoms with E-state index < -0.39 is 10.0 Å². The minimum atomic E-state index is -3.43. The first kappa shape index (κ1) is 16.4. The summed E-state index contributed by atoms with van der Waals surface area (Å²) in [6, 6.07) is 23.4. The van der Waals surface area contributed by atoms with Crippen LogP contribution in [-0.4, -0.2) is 14.7 Å². The van der Waals surface area contributed by atoms with E-state index in [9.17, 15) is 8.42 Å². The number of hydrogen-bond donors (Lipinski definition) is 2. The molecule has 0 fully saturated rings. The van der Waals surface area contributed by atoms with Gasteiger partial charge in [-0.05, 0) is 33.7 Å². The van der Waals surface area contributed by atoms with Crippen molar-refractivity contribution >= 4 is 42.9 Å². The van der Waals surface area contributed by atoms with Gasteiger partial charge in [0, 0.05) is 16.8 Å². The Bertz CT molecular complexity index is 1250. The maximum absolute atomic E-state index is 11.9. The van der Waals surface area contributed by atoms with Gasteiger partial charge in [-0.2, -0.15) is 0 Å². The molecule has 0 aliphatic heterocycles. The molecular weight excluding hydrogens is 344 g/mol. The Hall–Kier alpha value is -3.05. The molecule has 4 aromatic carbocycles.